The number of amides is 2. The van der Waals surface area contributed by atoms with Crippen LogP contribution in [-0.4, -0.2) is 44.7 Å². The Morgan fingerprint density at radius 2 is 1.93 bits per heavy atom. The van der Waals surface area contributed by atoms with Gasteiger partial charge in [0.1, 0.15) is 5.82 Å². The average Bonchev–Trinajstić information content (AvgIpc) is 2.99. The summed E-state index contributed by atoms with van der Waals surface area (Å²) in [6, 6.07) is -0.150. The minimum Gasteiger partial charge on any atom is -0.338 e. The van der Waals surface area contributed by atoms with E-state index in [2.05, 4.69) is 27.4 Å². The molecule has 0 unspecified atom stereocenters. The van der Waals surface area contributed by atoms with Crippen LogP contribution in [0.1, 0.15) is 65.5 Å². The Morgan fingerprint density at radius 1 is 1.19 bits per heavy atom. The summed E-state index contributed by atoms with van der Waals surface area (Å²) in [6.45, 7) is 8.54. The molecule has 2 heterocycles. The van der Waals surface area contributed by atoms with Crippen LogP contribution in [0.2, 0.25) is 0 Å². The lowest BCUT2D eigenvalue weighted by molar-refractivity contribution is 0.194. The smallest absolute Gasteiger partial charge is 0.317 e. The van der Waals surface area contributed by atoms with Crippen LogP contribution >= 0.6 is 0 Å². The number of urea groups is 1. The molecular formula is C20H30N6O. The fraction of sp³-hybridized carbons (Fsp3) is 0.600. The minimum absolute atomic E-state index is 0.0500. The normalized spacial score (nSPS) is 14.6. The molecule has 0 saturated carbocycles. The summed E-state index contributed by atoms with van der Waals surface area (Å²) in [7, 11) is 1.81. The van der Waals surface area contributed by atoms with E-state index < -0.39 is 0 Å². The third-order valence-corrected chi connectivity index (χ3v) is 5.57. The van der Waals surface area contributed by atoms with Crippen LogP contribution in [0, 0.1) is 20.8 Å². The van der Waals surface area contributed by atoms with Crippen molar-refractivity contribution < 1.29 is 4.79 Å². The quantitative estimate of drug-likeness (QED) is 0.847. The van der Waals surface area contributed by atoms with Crippen molar-refractivity contribution >= 4 is 6.03 Å². The van der Waals surface area contributed by atoms with Crippen LogP contribution < -0.4 is 5.32 Å². The standard InChI is InChI=1S/C20H30N6O/c1-12-16-8-6-7-9-17(16)23-18(22-12)10-11-21-20(27)26(5)15(4)19-13(2)24-25-14(19)3/h15H,6-11H2,1-5H3,(H,21,27)(H,24,25)/t15-/m0/s1. The summed E-state index contributed by atoms with van der Waals surface area (Å²) in [5.74, 6) is 0.825. The lowest BCUT2D eigenvalue weighted by Gasteiger charge is -2.25. The van der Waals surface area contributed by atoms with E-state index in [1.54, 1.807) is 4.90 Å². The summed E-state index contributed by atoms with van der Waals surface area (Å²) in [4.78, 5) is 23.6. The van der Waals surface area contributed by atoms with Crippen molar-refractivity contribution in [1.29, 1.82) is 0 Å². The number of aromatic nitrogens is 4. The lowest BCUT2D eigenvalue weighted by atomic mass is 9.95. The van der Waals surface area contributed by atoms with Gasteiger partial charge in [-0.2, -0.15) is 5.10 Å². The number of nitrogens with one attached hydrogen (secondary N) is 2. The molecule has 2 amide bonds. The average molecular weight is 371 g/mol. The minimum atomic E-state index is -0.0998. The number of carbonyl (C=O) groups excluding carboxylic acids is 1. The topological polar surface area (TPSA) is 86.8 Å². The largest absolute Gasteiger partial charge is 0.338 e. The molecule has 7 nitrogen and oxygen atoms in total. The molecule has 146 valence electrons. The number of hydrogen-bond donors (Lipinski definition) is 2. The van der Waals surface area contributed by atoms with Gasteiger partial charge in [-0.3, -0.25) is 5.10 Å². The van der Waals surface area contributed by atoms with Gasteiger partial charge in [0.25, 0.3) is 0 Å². The predicted molar refractivity (Wildman–Crippen MR) is 105 cm³/mol. The van der Waals surface area contributed by atoms with Crippen molar-refractivity contribution in [2.75, 3.05) is 13.6 Å². The van der Waals surface area contributed by atoms with E-state index >= 15 is 0 Å². The Labute approximate surface area is 161 Å². The van der Waals surface area contributed by atoms with Gasteiger partial charge in [0.15, 0.2) is 0 Å². The number of aromatic amines is 1. The molecule has 0 radical (unpaired) electrons. The molecule has 2 aromatic heterocycles. The molecule has 0 aromatic carbocycles. The zero-order valence-corrected chi connectivity index (χ0v) is 17.0. The molecule has 2 N–H and O–H groups in total. The fourth-order valence-corrected chi connectivity index (χ4v) is 3.91. The summed E-state index contributed by atoms with van der Waals surface area (Å²) >= 11 is 0. The molecule has 1 aliphatic carbocycles. The molecule has 3 rings (SSSR count). The number of hydrogen-bond acceptors (Lipinski definition) is 4. The van der Waals surface area contributed by atoms with Gasteiger partial charge < -0.3 is 10.2 Å². The molecule has 0 bridgehead atoms. The zero-order chi connectivity index (χ0) is 19.6. The van der Waals surface area contributed by atoms with Crippen LogP contribution in [0.4, 0.5) is 4.79 Å². The molecule has 0 aliphatic heterocycles. The number of nitrogens with zero attached hydrogens (tertiary/aromatic N) is 4. The van der Waals surface area contributed by atoms with Crippen molar-refractivity contribution in [1.82, 2.24) is 30.4 Å². The Balaban J connectivity index is 1.57. The summed E-state index contributed by atoms with van der Waals surface area (Å²) in [6.07, 6.45) is 5.21. The lowest BCUT2D eigenvalue weighted by Crippen LogP contribution is -2.40. The first-order valence-electron chi connectivity index (χ1n) is 9.76. The Hall–Kier alpha value is -2.44. The first-order valence-corrected chi connectivity index (χ1v) is 9.76. The highest BCUT2D eigenvalue weighted by molar-refractivity contribution is 5.74. The van der Waals surface area contributed by atoms with E-state index in [9.17, 15) is 4.79 Å². The van der Waals surface area contributed by atoms with Crippen LogP contribution in [0.25, 0.3) is 0 Å². The van der Waals surface area contributed by atoms with Gasteiger partial charge in [-0.05, 0) is 58.9 Å². The van der Waals surface area contributed by atoms with Gasteiger partial charge >= 0.3 is 6.03 Å². The van der Waals surface area contributed by atoms with Gasteiger partial charge in [0.05, 0.1) is 11.7 Å². The van der Waals surface area contributed by atoms with Crippen LogP contribution in [-0.2, 0) is 19.3 Å². The second kappa shape index (κ2) is 8.06. The van der Waals surface area contributed by atoms with E-state index in [1.807, 2.05) is 27.8 Å². The second-order valence-corrected chi connectivity index (χ2v) is 7.47. The molecule has 7 heteroatoms. The first kappa shape index (κ1) is 19.3. The SMILES string of the molecule is Cc1nc(CCNC(=O)N(C)[C@@H](C)c2c(C)n[nH]c2C)nc2c1CCCC2. The predicted octanol–water partition coefficient (Wildman–Crippen LogP) is 2.95. The summed E-state index contributed by atoms with van der Waals surface area (Å²) in [5.41, 5.74) is 6.62. The number of carbonyl (C=O) groups is 1. The number of rotatable bonds is 5. The molecule has 0 saturated heterocycles. The highest BCUT2D eigenvalue weighted by Gasteiger charge is 2.22. The highest BCUT2D eigenvalue weighted by atomic mass is 16.2. The van der Waals surface area contributed by atoms with Gasteiger partial charge in [0.2, 0.25) is 0 Å². The van der Waals surface area contributed by atoms with Crippen molar-refractivity contribution in [2.24, 2.45) is 0 Å². The van der Waals surface area contributed by atoms with Crippen molar-refractivity contribution in [3.63, 3.8) is 0 Å². The van der Waals surface area contributed by atoms with E-state index in [4.69, 9.17) is 4.98 Å². The Morgan fingerprint density at radius 3 is 2.63 bits per heavy atom. The Kier molecular flexibility index (Phi) is 5.77. The van der Waals surface area contributed by atoms with Crippen molar-refractivity contribution in [3.05, 3.63) is 39.7 Å². The molecule has 0 spiro atoms. The van der Waals surface area contributed by atoms with E-state index in [1.165, 1.54) is 24.1 Å². The third-order valence-electron chi connectivity index (χ3n) is 5.57. The van der Waals surface area contributed by atoms with Gasteiger partial charge in [0, 0.05) is 42.7 Å². The molecular weight excluding hydrogens is 340 g/mol. The maximum Gasteiger partial charge on any atom is 0.317 e. The number of aryl methyl sites for hydroxylation is 4. The Bertz CT molecular complexity index is 809. The maximum atomic E-state index is 12.5. The molecule has 1 atom stereocenters. The molecule has 27 heavy (non-hydrogen) atoms. The summed E-state index contributed by atoms with van der Waals surface area (Å²) in [5, 5.41) is 10.2. The van der Waals surface area contributed by atoms with Gasteiger partial charge in [-0.25, -0.2) is 14.8 Å². The first-order chi connectivity index (χ1) is 12.9. The molecule has 0 fully saturated rings. The number of fused-ring (bicyclic) bond motifs is 1. The van der Waals surface area contributed by atoms with Gasteiger partial charge in [-0.1, -0.05) is 0 Å². The third kappa shape index (κ3) is 4.12. The highest BCUT2D eigenvalue weighted by Crippen LogP contribution is 2.24. The van der Waals surface area contributed by atoms with Crippen molar-refractivity contribution in [3.8, 4) is 0 Å². The fourth-order valence-electron chi connectivity index (χ4n) is 3.91. The van der Waals surface area contributed by atoms with E-state index in [-0.39, 0.29) is 12.1 Å². The van der Waals surface area contributed by atoms with Crippen LogP contribution in [0.15, 0.2) is 0 Å². The van der Waals surface area contributed by atoms with Crippen LogP contribution in [0.3, 0.4) is 0 Å². The van der Waals surface area contributed by atoms with Crippen molar-refractivity contribution in [2.45, 2.75) is 65.8 Å². The van der Waals surface area contributed by atoms with Gasteiger partial charge in [-0.15, -0.1) is 0 Å². The van der Waals surface area contributed by atoms with Crippen LogP contribution in [0.5, 0.6) is 0 Å². The second-order valence-electron chi connectivity index (χ2n) is 7.47. The van der Waals surface area contributed by atoms with E-state index in [0.717, 1.165) is 41.3 Å². The maximum absolute atomic E-state index is 12.5. The molecule has 1 aliphatic rings. The monoisotopic (exact) mass is 370 g/mol. The molecule has 2 aromatic rings. The summed E-state index contributed by atoms with van der Waals surface area (Å²) < 4.78 is 0. The zero-order valence-electron chi connectivity index (χ0n) is 17.0. The number of H-pyrrole nitrogens is 1. The van der Waals surface area contributed by atoms with E-state index in [0.29, 0.717) is 13.0 Å².